The molecule has 4 nitrogen and oxygen atoms in total. The van der Waals surface area contributed by atoms with Crippen molar-refractivity contribution < 1.29 is 19.0 Å². The minimum absolute atomic E-state index is 0.0739. The molecule has 2 rings (SSSR count). The summed E-state index contributed by atoms with van der Waals surface area (Å²) in [6.07, 6.45) is 0.373. The van der Waals surface area contributed by atoms with Crippen molar-refractivity contribution >= 4 is 5.78 Å². The van der Waals surface area contributed by atoms with E-state index in [2.05, 4.69) is 0 Å². The van der Waals surface area contributed by atoms with Crippen LogP contribution in [-0.2, 0) is 0 Å². The highest BCUT2D eigenvalue weighted by molar-refractivity contribution is 6.01. The monoisotopic (exact) mass is 250 g/mol. The van der Waals surface area contributed by atoms with Crippen molar-refractivity contribution in [1.82, 2.24) is 0 Å². The molecule has 0 aromatic heterocycles. The van der Waals surface area contributed by atoms with Crippen molar-refractivity contribution in [2.45, 2.75) is 32.8 Å². The Morgan fingerprint density at radius 3 is 2.67 bits per heavy atom. The van der Waals surface area contributed by atoms with Gasteiger partial charge in [-0.25, -0.2) is 0 Å². The number of rotatable bonds is 3. The third-order valence-corrected chi connectivity index (χ3v) is 2.84. The van der Waals surface area contributed by atoms with Crippen LogP contribution in [0.2, 0.25) is 0 Å². The molecular formula is C14H18O4. The number of ether oxygens (including phenoxy) is 3. The number of hydrogen-bond donors (Lipinski definition) is 0. The lowest BCUT2D eigenvalue weighted by atomic mass is 9.93. The van der Waals surface area contributed by atoms with Crippen molar-refractivity contribution in [2.75, 3.05) is 13.7 Å². The average molecular weight is 250 g/mol. The molecule has 0 radical (unpaired) electrons. The van der Waals surface area contributed by atoms with Crippen LogP contribution in [0.5, 0.6) is 17.2 Å². The zero-order chi connectivity index (χ0) is 13.3. The van der Waals surface area contributed by atoms with Crippen LogP contribution in [0.15, 0.2) is 12.1 Å². The number of ketones is 1. The molecular weight excluding hydrogens is 232 g/mol. The van der Waals surface area contributed by atoms with Gasteiger partial charge in [-0.05, 0) is 26.8 Å². The lowest BCUT2D eigenvalue weighted by Gasteiger charge is -2.32. The van der Waals surface area contributed by atoms with Gasteiger partial charge in [0.25, 0.3) is 0 Å². The highest BCUT2D eigenvalue weighted by Gasteiger charge is 2.33. The number of Topliss-reactive ketones (excluding diaryl/α,β-unsaturated/α-hetero) is 1. The van der Waals surface area contributed by atoms with E-state index in [1.165, 1.54) is 0 Å². The number of carbonyl (C=O) groups excluding carboxylic acids is 1. The van der Waals surface area contributed by atoms with Crippen LogP contribution < -0.4 is 14.2 Å². The summed E-state index contributed by atoms with van der Waals surface area (Å²) in [4.78, 5) is 12.1. The molecule has 98 valence electrons. The molecule has 0 saturated carbocycles. The second-order valence-electron chi connectivity index (χ2n) is 4.89. The van der Waals surface area contributed by atoms with E-state index in [1.54, 1.807) is 19.2 Å². The van der Waals surface area contributed by atoms with Gasteiger partial charge in [0, 0.05) is 6.07 Å². The van der Waals surface area contributed by atoms with E-state index in [4.69, 9.17) is 14.2 Å². The minimum atomic E-state index is -0.470. The topological polar surface area (TPSA) is 44.8 Å². The molecule has 0 bridgehead atoms. The Hall–Kier alpha value is -1.71. The summed E-state index contributed by atoms with van der Waals surface area (Å²) in [5.74, 6) is 1.80. The first-order valence-corrected chi connectivity index (χ1v) is 6.04. The highest BCUT2D eigenvalue weighted by Crippen LogP contribution is 2.40. The van der Waals surface area contributed by atoms with Gasteiger partial charge in [-0.2, -0.15) is 0 Å². The van der Waals surface area contributed by atoms with E-state index in [9.17, 15) is 4.79 Å². The fraction of sp³-hybridized carbons (Fsp3) is 0.500. The third-order valence-electron chi connectivity index (χ3n) is 2.84. The fourth-order valence-electron chi connectivity index (χ4n) is 2.09. The van der Waals surface area contributed by atoms with Gasteiger partial charge in [-0.15, -0.1) is 0 Å². The van der Waals surface area contributed by atoms with Crippen molar-refractivity contribution in [3.05, 3.63) is 17.7 Å². The maximum absolute atomic E-state index is 12.1. The largest absolute Gasteiger partial charge is 0.493 e. The summed E-state index contributed by atoms with van der Waals surface area (Å²) >= 11 is 0. The molecule has 1 heterocycles. The number of fused-ring (bicyclic) bond motifs is 1. The van der Waals surface area contributed by atoms with Gasteiger partial charge in [-0.1, -0.05) is 0 Å². The molecule has 0 unspecified atom stereocenters. The van der Waals surface area contributed by atoms with Crippen molar-refractivity contribution in [1.29, 1.82) is 0 Å². The first-order chi connectivity index (χ1) is 8.46. The Bertz CT molecular complexity index is 477. The van der Waals surface area contributed by atoms with Gasteiger partial charge >= 0.3 is 0 Å². The minimum Gasteiger partial charge on any atom is -0.493 e. The Kier molecular flexibility index (Phi) is 3.20. The molecule has 0 spiro atoms. The van der Waals surface area contributed by atoms with E-state index in [0.29, 0.717) is 35.8 Å². The lowest BCUT2D eigenvalue weighted by molar-refractivity contribution is 0.0617. The van der Waals surface area contributed by atoms with E-state index < -0.39 is 5.60 Å². The quantitative estimate of drug-likeness (QED) is 0.827. The van der Waals surface area contributed by atoms with Gasteiger partial charge in [0.2, 0.25) is 0 Å². The number of benzene rings is 1. The second kappa shape index (κ2) is 4.52. The Labute approximate surface area is 107 Å². The van der Waals surface area contributed by atoms with Gasteiger partial charge in [0.05, 0.1) is 25.7 Å². The molecule has 0 fully saturated rings. The van der Waals surface area contributed by atoms with Crippen LogP contribution in [-0.4, -0.2) is 25.1 Å². The summed E-state index contributed by atoms with van der Waals surface area (Å²) in [6, 6.07) is 3.42. The fourth-order valence-corrected chi connectivity index (χ4v) is 2.09. The first-order valence-electron chi connectivity index (χ1n) is 6.04. The molecule has 1 aliphatic rings. The molecule has 0 saturated heterocycles. The van der Waals surface area contributed by atoms with E-state index >= 15 is 0 Å². The molecule has 0 aliphatic carbocycles. The predicted octanol–water partition coefficient (Wildman–Crippen LogP) is 2.84. The summed E-state index contributed by atoms with van der Waals surface area (Å²) in [6.45, 7) is 6.21. The lowest BCUT2D eigenvalue weighted by Crippen LogP contribution is -2.35. The zero-order valence-corrected chi connectivity index (χ0v) is 11.2. The van der Waals surface area contributed by atoms with Crippen LogP contribution in [0.1, 0.15) is 37.6 Å². The first kappa shape index (κ1) is 12.7. The second-order valence-corrected chi connectivity index (χ2v) is 4.89. The molecule has 18 heavy (non-hydrogen) atoms. The van der Waals surface area contributed by atoms with E-state index in [-0.39, 0.29) is 5.78 Å². The van der Waals surface area contributed by atoms with Gasteiger partial charge in [0.15, 0.2) is 17.3 Å². The zero-order valence-electron chi connectivity index (χ0n) is 11.2. The molecule has 0 amide bonds. The molecule has 1 aliphatic heterocycles. The number of carbonyl (C=O) groups is 1. The van der Waals surface area contributed by atoms with Gasteiger partial charge < -0.3 is 14.2 Å². The number of methoxy groups -OCH3 is 1. The van der Waals surface area contributed by atoms with Crippen molar-refractivity contribution in [2.24, 2.45) is 0 Å². The highest BCUT2D eigenvalue weighted by atomic mass is 16.5. The van der Waals surface area contributed by atoms with E-state index in [1.807, 2.05) is 20.8 Å². The molecule has 0 N–H and O–H groups in total. The predicted molar refractivity (Wildman–Crippen MR) is 67.8 cm³/mol. The Morgan fingerprint density at radius 2 is 2.06 bits per heavy atom. The summed E-state index contributed by atoms with van der Waals surface area (Å²) in [5.41, 5.74) is 0.0981. The normalized spacial score (nSPS) is 16.8. The number of hydrogen-bond acceptors (Lipinski definition) is 4. The Morgan fingerprint density at radius 1 is 1.33 bits per heavy atom. The van der Waals surface area contributed by atoms with Crippen LogP contribution in [0.3, 0.4) is 0 Å². The molecule has 1 aromatic carbocycles. The van der Waals surface area contributed by atoms with Crippen LogP contribution >= 0.6 is 0 Å². The van der Waals surface area contributed by atoms with Crippen LogP contribution in [0.4, 0.5) is 0 Å². The maximum atomic E-state index is 12.1. The molecule has 0 atom stereocenters. The summed E-state index contributed by atoms with van der Waals surface area (Å²) < 4.78 is 16.5. The van der Waals surface area contributed by atoms with Crippen molar-refractivity contribution in [3.63, 3.8) is 0 Å². The standard InChI is InChI=1S/C14H18O4/c1-5-17-13-6-9-10(15)8-14(2,3)18-11(9)7-12(13)16-4/h6-7H,5,8H2,1-4H3. The van der Waals surface area contributed by atoms with Crippen LogP contribution in [0, 0.1) is 0 Å². The molecule has 1 aromatic rings. The summed E-state index contributed by atoms with van der Waals surface area (Å²) in [5, 5.41) is 0. The van der Waals surface area contributed by atoms with Crippen LogP contribution in [0.25, 0.3) is 0 Å². The molecule has 4 heteroatoms. The Balaban J connectivity index is 2.49. The average Bonchev–Trinajstić information content (AvgIpc) is 2.28. The maximum Gasteiger partial charge on any atom is 0.170 e. The van der Waals surface area contributed by atoms with Gasteiger partial charge in [-0.3, -0.25) is 4.79 Å². The van der Waals surface area contributed by atoms with Gasteiger partial charge in [0.1, 0.15) is 11.4 Å². The SMILES string of the molecule is CCOc1cc2c(cc1OC)OC(C)(C)CC2=O. The smallest absolute Gasteiger partial charge is 0.170 e. The summed E-state index contributed by atoms with van der Waals surface area (Å²) in [7, 11) is 1.57. The van der Waals surface area contributed by atoms with E-state index in [0.717, 1.165) is 0 Å². The third kappa shape index (κ3) is 2.28. The van der Waals surface area contributed by atoms with Crippen molar-refractivity contribution in [3.8, 4) is 17.2 Å².